The molecule has 22 heavy (non-hydrogen) atoms. The van der Waals surface area contributed by atoms with E-state index < -0.39 is 0 Å². The van der Waals surface area contributed by atoms with Gasteiger partial charge in [-0.2, -0.15) is 5.10 Å². The lowest BCUT2D eigenvalue weighted by molar-refractivity contribution is -0.110. The van der Waals surface area contributed by atoms with Crippen molar-refractivity contribution in [1.82, 2.24) is 10.2 Å². The maximum atomic E-state index is 13.4. The number of hydrogen-bond donors (Lipinski definition) is 3. The lowest BCUT2D eigenvalue weighted by Gasteiger charge is -2.03. The van der Waals surface area contributed by atoms with Crippen LogP contribution in [0.2, 0.25) is 0 Å². The minimum Gasteiger partial charge on any atom is -0.361 e. The normalized spacial score (nSPS) is 15.1. The molecule has 0 aliphatic carbocycles. The van der Waals surface area contributed by atoms with Crippen LogP contribution in [0.5, 0.6) is 0 Å². The van der Waals surface area contributed by atoms with E-state index in [1.807, 2.05) is 18.2 Å². The van der Waals surface area contributed by atoms with E-state index in [-0.39, 0.29) is 11.7 Å². The molecule has 1 aliphatic rings. The topological polar surface area (TPSA) is 69.8 Å². The summed E-state index contributed by atoms with van der Waals surface area (Å²) in [5, 5.41) is 13.6. The summed E-state index contributed by atoms with van der Waals surface area (Å²) in [5.41, 5.74) is 3.27. The van der Waals surface area contributed by atoms with Gasteiger partial charge in [-0.05, 0) is 36.4 Å². The van der Waals surface area contributed by atoms with Crippen molar-refractivity contribution in [1.29, 1.82) is 0 Å². The van der Waals surface area contributed by atoms with Crippen molar-refractivity contribution in [3.63, 3.8) is 0 Å². The number of nitrogens with one attached hydrogen (secondary N) is 3. The van der Waals surface area contributed by atoms with Gasteiger partial charge in [0.1, 0.15) is 5.82 Å². The van der Waals surface area contributed by atoms with Crippen LogP contribution in [0.4, 0.5) is 15.8 Å². The molecule has 108 valence electrons. The molecule has 5 nitrogen and oxygen atoms in total. The van der Waals surface area contributed by atoms with Crippen molar-refractivity contribution in [3.05, 3.63) is 60.2 Å². The average Bonchev–Trinajstić information content (AvgIpc) is 3.08. The van der Waals surface area contributed by atoms with E-state index >= 15 is 0 Å². The molecule has 1 aliphatic heterocycles. The summed E-state index contributed by atoms with van der Waals surface area (Å²) in [6, 6.07) is 9.91. The van der Waals surface area contributed by atoms with E-state index in [0.717, 1.165) is 16.6 Å². The number of nitrogens with zero attached hydrogens (tertiary/aromatic N) is 1. The van der Waals surface area contributed by atoms with Gasteiger partial charge in [-0.25, -0.2) is 4.39 Å². The Labute approximate surface area is 124 Å². The first kappa shape index (κ1) is 12.6. The van der Waals surface area contributed by atoms with Gasteiger partial charge in [-0.15, -0.1) is 0 Å². The summed E-state index contributed by atoms with van der Waals surface area (Å²) in [6.07, 6.45) is 3.32. The maximum Gasteiger partial charge on any atom is 0.257 e. The highest BCUT2D eigenvalue weighted by Gasteiger charge is 2.24. The lowest BCUT2D eigenvalue weighted by atomic mass is 10.1. The standard InChI is InChI=1S/C16H11FN4O/c17-10-2-4-14-12(5-10)13(16(22)20-14)8-18-11-3-1-9-7-19-21-15(9)6-11/h1-8,18H,(H,19,21)(H,20,22)/b13-8+. The van der Waals surface area contributed by atoms with Gasteiger partial charge < -0.3 is 10.6 Å². The minimum atomic E-state index is -0.375. The summed E-state index contributed by atoms with van der Waals surface area (Å²) < 4.78 is 13.4. The van der Waals surface area contributed by atoms with Crippen LogP contribution in [0.3, 0.4) is 0 Å². The van der Waals surface area contributed by atoms with E-state index in [1.54, 1.807) is 18.5 Å². The Morgan fingerprint density at radius 3 is 3.00 bits per heavy atom. The largest absolute Gasteiger partial charge is 0.361 e. The molecule has 2 aromatic carbocycles. The summed E-state index contributed by atoms with van der Waals surface area (Å²) in [4.78, 5) is 12.0. The van der Waals surface area contributed by atoms with Gasteiger partial charge in [-0.1, -0.05) is 0 Å². The van der Waals surface area contributed by atoms with Crippen molar-refractivity contribution < 1.29 is 9.18 Å². The van der Waals surface area contributed by atoms with Gasteiger partial charge in [0.05, 0.1) is 17.3 Å². The zero-order valence-electron chi connectivity index (χ0n) is 11.4. The van der Waals surface area contributed by atoms with Crippen molar-refractivity contribution in [2.75, 3.05) is 10.6 Å². The molecule has 0 saturated heterocycles. The SMILES string of the molecule is O=C1Nc2ccc(F)cc2/C1=C\Nc1ccc2cn[nH]c2c1. The van der Waals surface area contributed by atoms with Crippen LogP contribution >= 0.6 is 0 Å². The second-order valence-corrected chi connectivity index (χ2v) is 5.02. The van der Waals surface area contributed by atoms with E-state index in [1.165, 1.54) is 12.1 Å². The predicted octanol–water partition coefficient (Wildman–Crippen LogP) is 3.11. The number of amides is 1. The number of fused-ring (bicyclic) bond motifs is 2. The van der Waals surface area contributed by atoms with Crippen LogP contribution in [0.1, 0.15) is 5.56 Å². The molecule has 4 rings (SSSR count). The molecule has 3 aromatic rings. The van der Waals surface area contributed by atoms with Crippen molar-refractivity contribution in [2.24, 2.45) is 0 Å². The van der Waals surface area contributed by atoms with Crippen molar-refractivity contribution in [3.8, 4) is 0 Å². The Hall–Kier alpha value is -3.15. The maximum absolute atomic E-state index is 13.4. The zero-order chi connectivity index (χ0) is 15.1. The van der Waals surface area contributed by atoms with Gasteiger partial charge in [0.2, 0.25) is 0 Å². The molecular formula is C16H11FN4O. The Balaban J connectivity index is 1.68. The minimum absolute atomic E-state index is 0.254. The molecule has 6 heteroatoms. The first-order valence-corrected chi connectivity index (χ1v) is 6.72. The molecule has 0 unspecified atom stereocenters. The Morgan fingerprint density at radius 2 is 2.09 bits per heavy atom. The molecule has 1 aromatic heterocycles. The molecule has 2 heterocycles. The quantitative estimate of drug-likeness (QED) is 0.636. The van der Waals surface area contributed by atoms with E-state index in [2.05, 4.69) is 20.8 Å². The van der Waals surface area contributed by atoms with E-state index in [0.29, 0.717) is 16.8 Å². The molecular weight excluding hydrogens is 283 g/mol. The van der Waals surface area contributed by atoms with Gasteiger partial charge in [0, 0.05) is 28.5 Å². The molecule has 0 radical (unpaired) electrons. The molecule has 0 bridgehead atoms. The molecule has 3 N–H and O–H groups in total. The number of aromatic nitrogens is 2. The first-order chi connectivity index (χ1) is 10.7. The fourth-order valence-electron chi connectivity index (χ4n) is 2.49. The zero-order valence-corrected chi connectivity index (χ0v) is 11.4. The van der Waals surface area contributed by atoms with Crippen LogP contribution in [-0.2, 0) is 4.79 Å². The number of carbonyl (C=O) groups excluding carboxylic acids is 1. The lowest BCUT2D eigenvalue weighted by Crippen LogP contribution is -2.05. The summed E-state index contributed by atoms with van der Waals surface area (Å²) in [6.45, 7) is 0. The first-order valence-electron chi connectivity index (χ1n) is 6.72. The summed E-state index contributed by atoms with van der Waals surface area (Å²) in [5.74, 6) is -0.629. The van der Waals surface area contributed by atoms with Gasteiger partial charge >= 0.3 is 0 Å². The Bertz CT molecular complexity index is 929. The second kappa shape index (κ2) is 4.70. The number of carbonyl (C=O) groups is 1. The third-order valence-electron chi connectivity index (χ3n) is 3.59. The average molecular weight is 294 g/mol. The highest BCUT2D eigenvalue weighted by Crippen LogP contribution is 2.32. The monoisotopic (exact) mass is 294 g/mol. The number of halogens is 1. The fraction of sp³-hybridized carbons (Fsp3) is 0. The third kappa shape index (κ3) is 2.01. The van der Waals surface area contributed by atoms with Crippen LogP contribution in [0, 0.1) is 5.82 Å². The van der Waals surface area contributed by atoms with Crippen LogP contribution < -0.4 is 10.6 Å². The number of H-pyrrole nitrogens is 1. The van der Waals surface area contributed by atoms with Crippen LogP contribution in [-0.4, -0.2) is 16.1 Å². The number of benzene rings is 2. The van der Waals surface area contributed by atoms with Gasteiger partial charge in [-0.3, -0.25) is 9.89 Å². The van der Waals surface area contributed by atoms with Crippen LogP contribution in [0.25, 0.3) is 16.5 Å². The van der Waals surface area contributed by atoms with E-state index in [4.69, 9.17) is 0 Å². The van der Waals surface area contributed by atoms with Crippen molar-refractivity contribution >= 4 is 33.8 Å². The predicted molar refractivity (Wildman–Crippen MR) is 82.7 cm³/mol. The summed E-state index contributed by atoms with van der Waals surface area (Å²) in [7, 11) is 0. The number of anilines is 2. The molecule has 0 spiro atoms. The van der Waals surface area contributed by atoms with Gasteiger partial charge in [0.15, 0.2) is 0 Å². The smallest absolute Gasteiger partial charge is 0.257 e. The number of hydrogen-bond acceptors (Lipinski definition) is 3. The molecule has 0 saturated carbocycles. The molecule has 0 atom stereocenters. The van der Waals surface area contributed by atoms with E-state index in [9.17, 15) is 9.18 Å². The van der Waals surface area contributed by atoms with Gasteiger partial charge in [0.25, 0.3) is 5.91 Å². The van der Waals surface area contributed by atoms with Crippen molar-refractivity contribution in [2.45, 2.75) is 0 Å². The molecule has 1 amide bonds. The number of rotatable bonds is 2. The Kier molecular flexibility index (Phi) is 2.69. The second-order valence-electron chi connectivity index (χ2n) is 5.02. The number of aromatic amines is 1. The molecule has 0 fully saturated rings. The van der Waals surface area contributed by atoms with Crippen LogP contribution in [0.15, 0.2) is 48.8 Å². The third-order valence-corrected chi connectivity index (χ3v) is 3.59. The highest BCUT2D eigenvalue weighted by atomic mass is 19.1. The fourth-order valence-corrected chi connectivity index (χ4v) is 2.49. The summed E-state index contributed by atoms with van der Waals surface area (Å²) >= 11 is 0. The Morgan fingerprint density at radius 1 is 1.18 bits per heavy atom. The highest BCUT2D eigenvalue weighted by molar-refractivity contribution is 6.31.